The van der Waals surface area contributed by atoms with E-state index in [2.05, 4.69) is 25.2 Å². The van der Waals surface area contributed by atoms with Gasteiger partial charge in [-0.15, -0.1) is 0 Å². The van der Waals surface area contributed by atoms with Gasteiger partial charge < -0.3 is 39.8 Å². The third-order valence-electron chi connectivity index (χ3n) is 3.27. The SMILES string of the molecule is CC(=O)OC[C@H](COP(=O)(O)OCCNC(=O)OCCOCCNC(=O)NC(C)C)OC(C)=O. The molecule has 0 fully saturated rings. The van der Waals surface area contributed by atoms with Crippen LogP contribution in [-0.4, -0.2) is 93.8 Å². The summed E-state index contributed by atoms with van der Waals surface area (Å²) in [6.45, 7) is 5.02. The third kappa shape index (κ3) is 20.2. The number of nitrogens with one attached hydrogen (secondary N) is 3. The Morgan fingerprint density at radius 1 is 0.853 bits per heavy atom. The topological polar surface area (TPSA) is 197 Å². The zero-order valence-electron chi connectivity index (χ0n) is 19.7. The fraction of sp³-hybridized carbons (Fsp3) is 0.778. The zero-order chi connectivity index (χ0) is 26.0. The minimum absolute atomic E-state index is 0.0217. The lowest BCUT2D eigenvalue weighted by molar-refractivity contribution is -0.158. The molecular weight excluding hydrogens is 481 g/mol. The highest BCUT2D eigenvalue weighted by Crippen LogP contribution is 2.43. The molecule has 1 unspecified atom stereocenters. The lowest BCUT2D eigenvalue weighted by atomic mass is 10.4. The number of urea groups is 1. The quantitative estimate of drug-likeness (QED) is 0.0881. The van der Waals surface area contributed by atoms with Crippen LogP contribution in [0.4, 0.5) is 9.59 Å². The molecule has 34 heavy (non-hydrogen) atoms. The van der Waals surface area contributed by atoms with Crippen molar-refractivity contribution in [1.29, 1.82) is 0 Å². The molecule has 0 spiro atoms. The first-order valence-electron chi connectivity index (χ1n) is 10.4. The Balaban J connectivity index is 3.90. The standard InChI is InChI=1S/C18H34N3O12P/c1-13(2)21-17(24)19-5-7-28-9-10-29-18(25)20-6-8-31-34(26,27)32-12-16(33-15(4)23)11-30-14(3)22/h13,16H,5-12H2,1-4H3,(H,20,25)(H,26,27)(H2,19,21,24)/t16-/m1/s1. The molecule has 0 rings (SSSR count). The van der Waals surface area contributed by atoms with Gasteiger partial charge in [0.2, 0.25) is 0 Å². The average molecular weight is 515 g/mol. The van der Waals surface area contributed by atoms with Crippen molar-refractivity contribution in [3.05, 3.63) is 0 Å². The molecule has 0 bridgehead atoms. The summed E-state index contributed by atoms with van der Waals surface area (Å²) in [7, 11) is -4.53. The summed E-state index contributed by atoms with van der Waals surface area (Å²) < 4.78 is 40.8. The maximum Gasteiger partial charge on any atom is 0.472 e. The van der Waals surface area contributed by atoms with Gasteiger partial charge in [-0.1, -0.05) is 0 Å². The van der Waals surface area contributed by atoms with E-state index in [9.17, 15) is 28.6 Å². The Kier molecular flexibility index (Phi) is 16.7. The van der Waals surface area contributed by atoms with Crippen LogP contribution < -0.4 is 16.0 Å². The number of phosphoric ester groups is 1. The number of ether oxygens (including phenoxy) is 4. The van der Waals surface area contributed by atoms with Crippen LogP contribution in [0, 0.1) is 0 Å². The maximum atomic E-state index is 11.9. The van der Waals surface area contributed by atoms with Gasteiger partial charge in [0.1, 0.15) is 13.2 Å². The first-order chi connectivity index (χ1) is 15.9. The molecule has 3 amide bonds. The van der Waals surface area contributed by atoms with E-state index in [0.717, 1.165) is 13.8 Å². The molecule has 16 heteroatoms. The Labute approximate surface area is 197 Å². The Bertz CT molecular complexity index is 691. The van der Waals surface area contributed by atoms with Crippen molar-refractivity contribution in [2.75, 3.05) is 52.7 Å². The van der Waals surface area contributed by atoms with Crippen molar-refractivity contribution in [2.45, 2.75) is 39.8 Å². The summed E-state index contributed by atoms with van der Waals surface area (Å²) >= 11 is 0. The molecule has 0 aromatic carbocycles. The highest BCUT2D eigenvalue weighted by Gasteiger charge is 2.25. The van der Waals surface area contributed by atoms with E-state index in [1.165, 1.54) is 0 Å². The van der Waals surface area contributed by atoms with E-state index in [-0.39, 0.29) is 58.2 Å². The van der Waals surface area contributed by atoms with E-state index in [1.54, 1.807) is 0 Å². The van der Waals surface area contributed by atoms with Gasteiger partial charge in [0, 0.05) is 33.0 Å². The van der Waals surface area contributed by atoms with E-state index in [0.29, 0.717) is 0 Å². The van der Waals surface area contributed by atoms with Gasteiger partial charge in [0.15, 0.2) is 6.10 Å². The first-order valence-corrected chi connectivity index (χ1v) is 11.9. The molecule has 2 atom stereocenters. The van der Waals surface area contributed by atoms with Gasteiger partial charge in [0.05, 0.1) is 26.4 Å². The minimum atomic E-state index is -4.53. The molecule has 0 saturated carbocycles. The summed E-state index contributed by atoms with van der Waals surface area (Å²) in [4.78, 5) is 54.4. The van der Waals surface area contributed by atoms with Crippen molar-refractivity contribution >= 4 is 31.9 Å². The van der Waals surface area contributed by atoms with Gasteiger partial charge in [0.25, 0.3) is 0 Å². The van der Waals surface area contributed by atoms with Gasteiger partial charge in [-0.25, -0.2) is 14.2 Å². The van der Waals surface area contributed by atoms with Crippen LogP contribution in [0.1, 0.15) is 27.7 Å². The molecule has 0 heterocycles. The number of carbonyl (C=O) groups is 4. The van der Waals surface area contributed by atoms with E-state index in [4.69, 9.17) is 18.7 Å². The molecule has 0 radical (unpaired) electrons. The lowest BCUT2D eigenvalue weighted by Gasteiger charge is -2.18. The predicted molar refractivity (Wildman–Crippen MR) is 116 cm³/mol. The Morgan fingerprint density at radius 3 is 2.15 bits per heavy atom. The lowest BCUT2D eigenvalue weighted by Crippen LogP contribution is -2.40. The highest BCUT2D eigenvalue weighted by atomic mass is 31.2. The third-order valence-corrected chi connectivity index (χ3v) is 4.25. The summed E-state index contributed by atoms with van der Waals surface area (Å²) in [6.07, 6.45) is -1.90. The number of hydrogen-bond acceptors (Lipinski definition) is 11. The molecule has 4 N–H and O–H groups in total. The number of alkyl carbamates (subject to hydrolysis) is 1. The van der Waals surface area contributed by atoms with E-state index >= 15 is 0 Å². The van der Waals surface area contributed by atoms with Crippen LogP contribution in [0.5, 0.6) is 0 Å². The average Bonchev–Trinajstić information content (AvgIpc) is 2.71. The smallest absolute Gasteiger partial charge is 0.462 e. The van der Waals surface area contributed by atoms with Crippen LogP contribution in [-0.2, 0) is 42.1 Å². The Morgan fingerprint density at radius 2 is 1.53 bits per heavy atom. The first kappa shape index (κ1) is 31.6. The number of phosphoric acid groups is 1. The molecule has 0 aliphatic heterocycles. The van der Waals surface area contributed by atoms with Gasteiger partial charge >= 0.3 is 31.9 Å². The number of hydrogen-bond donors (Lipinski definition) is 4. The van der Waals surface area contributed by atoms with Gasteiger partial charge in [-0.2, -0.15) is 0 Å². The molecule has 15 nitrogen and oxygen atoms in total. The summed E-state index contributed by atoms with van der Waals surface area (Å²) in [5.41, 5.74) is 0. The Hall–Kier alpha value is -2.45. The minimum Gasteiger partial charge on any atom is -0.462 e. The molecule has 0 aromatic rings. The van der Waals surface area contributed by atoms with Gasteiger partial charge in [-0.3, -0.25) is 18.6 Å². The molecular formula is C18H34N3O12P. The van der Waals surface area contributed by atoms with E-state index in [1.807, 2.05) is 13.8 Å². The zero-order valence-corrected chi connectivity index (χ0v) is 20.6. The number of rotatable bonds is 17. The van der Waals surface area contributed by atoms with Gasteiger partial charge in [-0.05, 0) is 13.8 Å². The maximum absolute atomic E-state index is 11.9. The number of esters is 2. The molecule has 0 saturated heterocycles. The molecule has 198 valence electrons. The predicted octanol–water partition coefficient (Wildman–Crippen LogP) is 0.0652. The number of amides is 3. The van der Waals surface area contributed by atoms with Crippen LogP contribution in [0.2, 0.25) is 0 Å². The van der Waals surface area contributed by atoms with Crippen molar-refractivity contribution in [1.82, 2.24) is 16.0 Å². The summed E-state index contributed by atoms with van der Waals surface area (Å²) in [5.74, 6) is -1.33. The van der Waals surface area contributed by atoms with Crippen LogP contribution in [0.3, 0.4) is 0 Å². The van der Waals surface area contributed by atoms with Crippen molar-refractivity contribution in [2.24, 2.45) is 0 Å². The van der Waals surface area contributed by atoms with Crippen LogP contribution in [0.25, 0.3) is 0 Å². The largest absolute Gasteiger partial charge is 0.472 e. The second kappa shape index (κ2) is 18.0. The summed E-state index contributed by atoms with van der Waals surface area (Å²) in [6, 6.07) is -0.283. The molecule has 0 aromatic heterocycles. The monoisotopic (exact) mass is 515 g/mol. The van der Waals surface area contributed by atoms with Crippen LogP contribution >= 0.6 is 7.82 Å². The fourth-order valence-corrected chi connectivity index (χ4v) is 2.74. The second-order valence-electron chi connectivity index (χ2n) is 6.86. The normalized spacial score (nSPS) is 13.4. The fourth-order valence-electron chi connectivity index (χ4n) is 1.99. The molecule has 0 aliphatic carbocycles. The number of carbonyl (C=O) groups excluding carboxylic acids is 4. The van der Waals surface area contributed by atoms with E-state index < -0.39 is 38.6 Å². The summed E-state index contributed by atoms with van der Waals surface area (Å²) in [5, 5.41) is 7.53. The molecule has 0 aliphatic rings. The highest BCUT2D eigenvalue weighted by molar-refractivity contribution is 7.47. The van der Waals surface area contributed by atoms with Crippen molar-refractivity contribution < 1.29 is 56.6 Å². The van der Waals surface area contributed by atoms with Crippen LogP contribution in [0.15, 0.2) is 0 Å². The van der Waals surface area contributed by atoms with Crippen molar-refractivity contribution in [3.8, 4) is 0 Å². The van der Waals surface area contributed by atoms with Crippen molar-refractivity contribution in [3.63, 3.8) is 0 Å². The second-order valence-corrected chi connectivity index (χ2v) is 8.32.